The molecule has 0 bridgehead atoms. The Kier molecular flexibility index (Phi) is 5.32. The minimum Gasteiger partial charge on any atom is -0.312 e. The molecule has 0 amide bonds. The second-order valence-corrected chi connectivity index (χ2v) is 4.11. The molecule has 1 rings (SSSR count). The van der Waals surface area contributed by atoms with Gasteiger partial charge in [0.25, 0.3) is 0 Å². The fourth-order valence-electron chi connectivity index (χ4n) is 1.62. The molecule has 4 heteroatoms. The Morgan fingerprint density at radius 1 is 1.33 bits per heavy atom. The predicted octanol–water partition coefficient (Wildman–Crippen LogP) is 1.69. The maximum atomic E-state index is 4.09. The van der Waals surface area contributed by atoms with E-state index in [0.717, 1.165) is 19.0 Å². The lowest BCUT2D eigenvalue weighted by Gasteiger charge is -2.18. The third-order valence-corrected chi connectivity index (χ3v) is 2.84. The van der Waals surface area contributed by atoms with E-state index in [-0.39, 0.29) is 0 Å². The average Bonchev–Trinajstić information content (AvgIpc) is 2.72. The first kappa shape index (κ1) is 12.2. The Bertz CT molecular complexity index is 241. The normalized spacial score (nSPS) is 13.3. The monoisotopic (exact) mass is 210 g/mol. The van der Waals surface area contributed by atoms with Crippen LogP contribution in [0.3, 0.4) is 0 Å². The van der Waals surface area contributed by atoms with Gasteiger partial charge in [0, 0.05) is 6.04 Å². The van der Waals surface area contributed by atoms with Gasteiger partial charge in [-0.2, -0.15) is 5.10 Å². The highest BCUT2D eigenvalue weighted by Crippen LogP contribution is 2.05. The largest absolute Gasteiger partial charge is 0.312 e. The van der Waals surface area contributed by atoms with Crippen LogP contribution in [0, 0.1) is 5.92 Å². The van der Waals surface area contributed by atoms with Gasteiger partial charge in [-0.05, 0) is 19.4 Å². The summed E-state index contributed by atoms with van der Waals surface area (Å²) >= 11 is 0. The molecule has 0 aliphatic heterocycles. The van der Waals surface area contributed by atoms with Gasteiger partial charge in [-0.15, -0.1) is 0 Å². The maximum Gasteiger partial charge on any atom is 0.137 e. The lowest BCUT2D eigenvalue weighted by Crippen LogP contribution is -2.34. The van der Waals surface area contributed by atoms with Crippen molar-refractivity contribution in [2.24, 2.45) is 5.92 Å². The summed E-state index contributed by atoms with van der Waals surface area (Å²) in [6.45, 7) is 8.67. The van der Waals surface area contributed by atoms with Crippen LogP contribution in [-0.4, -0.2) is 27.4 Å². The molecule has 0 aromatic carbocycles. The molecular weight excluding hydrogens is 188 g/mol. The molecule has 15 heavy (non-hydrogen) atoms. The number of rotatable bonds is 7. The van der Waals surface area contributed by atoms with E-state index in [2.05, 4.69) is 36.2 Å². The van der Waals surface area contributed by atoms with E-state index in [0.29, 0.717) is 6.04 Å². The second kappa shape index (κ2) is 6.56. The molecule has 1 atom stereocenters. The highest BCUT2D eigenvalue weighted by Gasteiger charge is 2.07. The average molecular weight is 210 g/mol. The smallest absolute Gasteiger partial charge is 0.137 e. The molecule has 0 spiro atoms. The number of nitrogens with zero attached hydrogens (tertiary/aromatic N) is 3. The molecule has 4 nitrogen and oxygen atoms in total. The molecule has 1 unspecified atom stereocenters. The van der Waals surface area contributed by atoms with Crippen molar-refractivity contribution in [1.82, 2.24) is 20.1 Å². The molecule has 0 saturated carbocycles. The molecule has 0 saturated heterocycles. The van der Waals surface area contributed by atoms with Gasteiger partial charge < -0.3 is 5.32 Å². The molecule has 0 fully saturated rings. The Morgan fingerprint density at radius 2 is 2.07 bits per heavy atom. The van der Waals surface area contributed by atoms with Crippen molar-refractivity contribution < 1.29 is 0 Å². The molecule has 1 aromatic rings. The van der Waals surface area contributed by atoms with E-state index in [1.807, 2.05) is 4.68 Å². The van der Waals surface area contributed by atoms with Crippen LogP contribution >= 0.6 is 0 Å². The minimum absolute atomic E-state index is 0.451. The first-order valence-corrected chi connectivity index (χ1v) is 5.82. The first-order valence-electron chi connectivity index (χ1n) is 5.82. The van der Waals surface area contributed by atoms with Gasteiger partial charge in [0.2, 0.25) is 0 Å². The van der Waals surface area contributed by atoms with Crippen molar-refractivity contribution in [2.45, 2.75) is 46.2 Å². The van der Waals surface area contributed by atoms with E-state index in [1.54, 1.807) is 12.7 Å². The highest BCUT2D eigenvalue weighted by atomic mass is 15.3. The van der Waals surface area contributed by atoms with Gasteiger partial charge in [0.15, 0.2) is 0 Å². The molecule has 1 aromatic heterocycles. The van der Waals surface area contributed by atoms with Crippen molar-refractivity contribution in [1.29, 1.82) is 0 Å². The van der Waals surface area contributed by atoms with Crippen molar-refractivity contribution in [3.05, 3.63) is 12.7 Å². The van der Waals surface area contributed by atoms with Crippen LogP contribution in [0.5, 0.6) is 0 Å². The fourth-order valence-corrected chi connectivity index (χ4v) is 1.62. The van der Waals surface area contributed by atoms with Crippen molar-refractivity contribution in [3.63, 3.8) is 0 Å². The lowest BCUT2D eigenvalue weighted by molar-refractivity contribution is 0.386. The molecule has 86 valence electrons. The lowest BCUT2D eigenvalue weighted by atomic mass is 10.0. The zero-order valence-electron chi connectivity index (χ0n) is 9.98. The van der Waals surface area contributed by atoms with Gasteiger partial charge in [0.1, 0.15) is 12.7 Å². The van der Waals surface area contributed by atoms with E-state index >= 15 is 0 Å². The summed E-state index contributed by atoms with van der Waals surface area (Å²) in [6, 6.07) is 0.451. The topological polar surface area (TPSA) is 42.7 Å². The van der Waals surface area contributed by atoms with Crippen molar-refractivity contribution in [2.75, 3.05) is 6.54 Å². The van der Waals surface area contributed by atoms with Gasteiger partial charge in [-0.1, -0.05) is 26.7 Å². The molecule has 0 radical (unpaired) electrons. The maximum absolute atomic E-state index is 4.09. The summed E-state index contributed by atoms with van der Waals surface area (Å²) in [5.41, 5.74) is 0. The van der Waals surface area contributed by atoms with Crippen LogP contribution in [-0.2, 0) is 6.54 Å². The summed E-state index contributed by atoms with van der Waals surface area (Å²) in [5, 5.41) is 7.62. The minimum atomic E-state index is 0.451. The van der Waals surface area contributed by atoms with Crippen molar-refractivity contribution >= 4 is 0 Å². The summed E-state index contributed by atoms with van der Waals surface area (Å²) in [6.07, 6.45) is 5.84. The van der Waals surface area contributed by atoms with E-state index < -0.39 is 0 Å². The van der Waals surface area contributed by atoms with E-state index in [9.17, 15) is 0 Å². The number of aromatic nitrogens is 3. The standard InChI is InChI=1S/C11H22N4/c1-4-11(5-2)6-13-10(3)7-15-9-12-8-14-15/h8-11,13H,4-7H2,1-3H3. The Balaban J connectivity index is 2.21. The van der Waals surface area contributed by atoms with Crippen molar-refractivity contribution in [3.8, 4) is 0 Å². The number of hydrogen-bond donors (Lipinski definition) is 1. The number of hydrogen-bond acceptors (Lipinski definition) is 3. The highest BCUT2D eigenvalue weighted by molar-refractivity contribution is 4.66. The zero-order chi connectivity index (χ0) is 11.1. The zero-order valence-corrected chi connectivity index (χ0v) is 9.98. The van der Waals surface area contributed by atoms with Gasteiger partial charge >= 0.3 is 0 Å². The fraction of sp³-hybridized carbons (Fsp3) is 0.818. The predicted molar refractivity (Wildman–Crippen MR) is 61.6 cm³/mol. The third kappa shape index (κ3) is 4.42. The summed E-state index contributed by atoms with van der Waals surface area (Å²) in [7, 11) is 0. The molecule has 0 aliphatic rings. The Labute approximate surface area is 92.1 Å². The van der Waals surface area contributed by atoms with Crippen LogP contribution in [0.4, 0.5) is 0 Å². The van der Waals surface area contributed by atoms with Gasteiger partial charge in [0.05, 0.1) is 6.54 Å². The molecular formula is C11H22N4. The van der Waals surface area contributed by atoms with E-state index in [1.165, 1.54) is 12.8 Å². The van der Waals surface area contributed by atoms with E-state index in [4.69, 9.17) is 0 Å². The summed E-state index contributed by atoms with van der Waals surface area (Å²) in [4.78, 5) is 3.93. The summed E-state index contributed by atoms with van der Waals surface area (Å²) < 4.78 is 1.87. The second-order valence-electron chi connectivity index (χ2n) is 4.11. The molecule has 1 N–H and O–H groups in total. The summed E-state index contributed by atoms with van der Waals surface area (Å²) in [5.74, 6) is 0.795. The van der Waals surface area contributed by atoms with Crippen LogP contribution in [0.15, 0.2) is 12.7 Å². The Morgan fingerprint density at radius 3 is 2.60 bits per heavy atom. The molecule has 1 heterocycles. The van der Waals surface area contributed by atoms with Crippen LogP contribution in [0.25, 0.3) is 0 Å². The van der Waals surface area contributed by atoms with Gasteiger partial charge in [-0.3, -0.25) is 4.68 Å². The van der Waals surface area contributed by atoms with Crippen LogP contribution in [0.2, 0.25) is 0 Å². The SMILES string of the molecule is CCC(CC)CNC(C)Cn1cncn1. The first-order chi connectivity index (χ1) is 7.26. The third-order valence-electron chi connectivity index (χ3n) is 2.84. The Hall–Kier alpha value is -0.900. The quantitative estimate of drug-likeness (QED) is 0.744. The van der Waals surface area contributed by atoms with Crippen LogP contribution in [0.1, 0.15) is 33.6 Å². The van der Waals surface area contributed by atoms with Gasteiger partial charge in [-0.25, -0.2) is 4.98 Å². The van der Waals surface area contributed by atoms with Crippen LogP contribution < -0.4 is 5.32 Å². The molecule has 0 aliphatic carbocycles. The number of nitrogens with one attached hydrogen (secondary N) is 1.